The number of halogens is 1. The smallest absolute Gasteiger partial charge is 0.251 e. The summed E-state index contributed by atoms with van der Waals surface area (Å²) in [5.74, 6) is -1.46. The number of ether oxygens (including phenoxy) is 1. The van der Waals surface area contributed by atoms with Gasteiger partial charge >= 0.3 is 0 Å². The fourth-order valence-corrected chi connectivity index (χ4v) is 5.26. The van der Waals surface area contributed by atoms with E-state index in [4.69, 9.17) is 4.74 Å². The number of amides is 2. The van der Waals surface area contributed by atoms with Crippen LogP contribution in [-0.4, -0.2) is 45.5 Å². The standard InChI is InChI=1S/C27H28FN3O5S/c28-21-8-6-20(7-9-21)26(32)30-25(18-19-4-2-1-3-5-19)27(33)29-22-10-12-24(13-11-22)37(34,35)31-23-14-16-36-17-15-23/h1-13,23,25,31H,14-18H2,(H,29,33)(H,30,32)/t25-/m0/s1. The van der Waals surface area contributed by atoms with Gasteiger partial charge in [0.2, 0.25) is 15.9 Å². The van der Waals surface area contributed by atoms with Gasteiger partial charge in [0.05, 0.1) is 4.90 Å². The third kappa shape index (κ3) is 7.45. The van der Waals surface area contributed by atoms with Crippen molar-refractivity contribution in [1.29, 1.82) is 0 Å². The van der Waals surface area contributed by atoms with E-state index < -0.39 is 33.7 Å². The molecule has 3 aromatic rings. The van der Waals surface area contributed by atoms with Crippen LogP contribution in [0.3, 0.4) is 0 Å². The molecule has 194 valence electrons. The predicted octanol–water partition coefficient (Wildman–Crippen LogP) is 3.26. The number of hydrogen-bond donors (Lipinski definition) is 3. The van der Waals surface area contributed by atoms with Crippen molar-refractivity contribution >= 4 is 27.5 Å². The molecule has 4 rings (SSSR count). The van der Waals surface area contributed by atoms with E-state index in [1.54, 1.807) is 0 Å². The third-order valence-electron chi connectivity index (χ3n) is 5.99. The fraction of sp³-hybridized carbons (Fsp3) is 0.259. The largest absolute Gasteiger partial charge is 0.381 e. The zero-order valence-electron chi connectivity index (χ0n) is 20.0. The average molecular weight is 526 g/mol. The summed E-state index contributed by atoms with van der Waals surface area (Å²) >= 11 is 0. The van der Waals surface area contributed by atoms with E-state index in [0.717, 1.165) is 5.56 Å². The van der Waals surface area contributed by atoms with E-state index >= 15 is 0 Å². The van der Waals surface area contributed by atoms with Crippen molar-refractivity contribution < 1.29 is 27.1 Å². The maximum atomic E-state index is 13.2. The summed E-state index contributed by atoms with van der Waals surface area (Å²) in [5, 5.41) is 5.46. The number of anilines is 1. The monoisotopic (exact) mass is 525 g/mol. The van der Waals surface area contributed by atoms with Gasteiger partial charge in [-0.05, 0) is 66.9 Å². The Bertz CT molecular complexity index is 1310. The van der Waals surface area contributed by atoms with Crippen molar-refractivity contribution in [3.05, 3.63) is 95.8 Å². The highest BCUT2D eigenvalue weighted by atomic mass is 32.2. The molecule has 8 nitrogen and oxygen atoms in total. The lowest BCUT2D eigenvalue weighted by Gasteiger charge is -2.23. The SMILES string of the molecule is O=C(N[C@@H](Cc1ccccc1)C(=O)Nc1ccc(S(=O)(=O)NC2CCOCC2)cc1)c1ccc(F)cc1. The molecule has 0 aliphatic carbocycles. The highest BCUT2D eigenvalue weighted by Gasteiger charge is 2.24. The topological polar surface area (TPSA) is 114 Å². The Morgan fingerprint density at radius 1 is 0.919 bits per heavy atom. The van der Waals surface area contributed by atoms with Crippen molar-refractivity contribution in [3.8, 4) is 0 Å². The molecule has 1 saturated heterocycles. The van der Waals surface area contributed by atoms with Crippen LogP contribution in [-0.2, 0) is 26.0 Å². The second kappa shape index (κ2) is 12.1. The maximum absolute atomic E-state index is 13.2. The molecule has 0 saturated carbocycles. The first kappa shape index (κ1) is 26.5. The first-order valence-electron chi connectivity index (χ1n) is 11.9. The zero-order chi connectivity index (χ0) is 26.3. The van der Waals surface area contributed by atoms with Crippen LogP contribution in [0.5, 0.6) is 0 Å². The molecule has 1 fully saturated rings. The third-order valence-corrected chi connectivity index (χ3v) is 7.52. The number of rotatable bonds is 9. The summed E-state index contributed by atoms with van der Waals surface area (Å²) < 4.78 is 46.6. The Morgan fingerprint density at radius 3 is 2.22 bits per heavy atom. The summed E-state index contributed by atoms with van der Waals surface area (Å²) in [6, 6.07) is 19.0. The van der Waals surface area contributed by atoms with E-state index in [2.05, 4.69) is 15.4 Å². The number of nitrogens with one attached hydrogen (secondary N) is 3. The second-order valence-electron chi connectivity index (χ2n) is 8.74. The van der Waals surface area contributed by atoms with E-state index in [1.807, 2.05) is 30.3 Å². The lowest BCUT2D eigenvalue weighted by Crippen LogP contribution is -2.45. The minimum absolute atomic E-state index is 0.0856. The Morgan fingerprint density at radius 2 is 1.57 bits per heavy atom. The predicted molar refractivity (Wildman–Crippen MR) is 137 cm³/mol. The minimum Gasteiger partial charge on any atom is -0.381 e. The lowest BCUT2D eigenvalue weighted by atomic mass is 10.0. The fourth-order valence-electron chi connectivity index (χ4n) is 3.95. The van der Waals surface area contributed by atoms with Gasteiger partial charge in [-0.3, -0.25) is 9.59 Å². The van der Waals surface area contributed by atoms with Gasteiger partial charge in [0.1, 0.15) is 11.9 Å². The van der Waals surface area contributed by atoms with E-state index in [1.165, 1.54) is 48.5 Å². The molecule has 1 atom stereocenters. The summed E-state index contributed by atoms with van der Waals surface area (Å²) in [6.07, 6.45) is 1.45. The van der Waals surface area contributed by atoms with Gasteiger partial charge in [-0.2, -0.15) is 0 Å². The van der Waals surface area contributed by atoms with Gasteiger partial charge in [0, 0.05) is 36.9 Å². The first-order chi connectivity index (χ1) is 17.8. The van der Waals surface area contributed by atoms with E-state index in [0.29, 0.717) is 31.7 Å². The molecule has 1 heterocycles. The van der Waals surface area contributed by atoms with Gasteiger partial charge in [0.15, 0.2) is 0 Å². The van der Waals surface area contributed by atoms with Crippen molar-refractivity contribution in [1.82, 2.24) is 10.0 Å². The van der Waals surface area contributed by atoms with E-state index in [9.17, 15) is 22.4 Å². The molecule has 37 heavy (non-hydrogen) atoms. The molecule has 0 radical (unpaired) electrons. The molecule has 3 N–H and O–H groups in total. The Hall–Kier alpha value is -3.60. The van der Waals surface area contributed by atoms with Crippen LogP contribution in [0, 0.1) is 5.82 Å². The second-order valence-corrected chi connectivity index (χ2v) is 10.5. The van der Waals surface area contributed by atoms with Gasteiger partial charge in [-0.25, -0.2) is 17.5 Å². The Balaban J connectivity index is 1.45. The molecule has 0 unspecified atom stereocenters. The van der Waals surface area contributed by atoms with Gasteiger partial charge < -0.3 is 15.4 Å². The van der Waals surface area contributed by atoms with Crippen LogP contribution in [0.4, 0.5) is 10.1 Å². The number of hydrogen-bond acceptors (Lipinski definition) is 5. The van der Waals surface area contributed by atoms with Crippen LogP contribution in [0.2, 0.25) is 0 Å². The number of sulfonamides is 1. The molecule has 0 bridgehead atoms. The van der Waals surface area contributed by atoms with Crippen LogP contribution < -0.4 is 15.4 Å². The van der Waals surface area contributed by atoms with Crippen LogP contribution in [0.25, 0.3) is 0 Å². The van der Waals surface area contributed by atoms with Crippen LogP contribution in [0.15, 0.2) is 83.8 Å². The van der Waals surface area contributed by atoms with Gasteiger partial charge in [-0.15, -0.1) is 0 Å². The van der Waals surface area contributed by atoms with Crippen molar-refractivity contribution in [2.24, 2.45) is 0 Å². The molecular weight excluding hydrogens is 497 g/mol. The number of benzene rings is 3. The highest BCUT2D eigenvalue weighted by Crippen LogP contribution is 2.17. The molecule has 0 aromatic heterocycles. The summed E-state index contributed by atoms with van der Waals surface area (Å²) in [7, 11) is -3.71. The molecule has 10 heteroatoms. The normalized spacial score (nSPS) is 15.1. The van der Waals surface area contributed by atoms with Gasteiger partial charge in [0.25, 0.3) is 5.91 Å². The molecule has 1 aliphatic rings. The van der Waals surface area contributed by atoms with Crippen molar-refractivity contribution in [3.63, 3.8) is 0 Å². The average Bonchev–Trinajstić information content (AvgIpc) is 2.90. The molecule has 2 amide bonds. The zero-order valence-corrected chi connectivity index (χ0v) is 20.8. The summed E-state index contributed by atoms with van der Waals surface area (Å²) in [4.78, 5) is 26.0. The summed E-state index contributed by atoms with van der Waals surface area (Å²) in [5.41, 5.74) is 1.44. The minimum atomic E-state index is -3.71. The summed E-state index contributed by atoms with van der Waals surface area (Å²) in [6.45, 7) is 1.03. The van der Waals surface area contributed by atoms with Gasteiger partial charge in [-0.1, -0.05) is 30.3 Å². The molecular formula is C27H28FN3O5S. The first-order valence-corrected chi connectivity index (χ1v) is 13.4. The molecule has 1 aliphatic heterocycles. The number of carbonyl (C=O) groups excluding carboxylic acids is 2. The lowest BCUT2D eigenvalue weighted by molar-refractivity contribution is -0.118. The van der Waals surface area contributed by atoms with E-state index in [-0.39, 0.29) is 22.9 Å². The number of carbonyl (C=O) groups is 2. The molecule has 3 aromatic carbocycles. The Kier molecular flexibility index (Phi) is 8.65. The van der Waals surface area contributed by atoms with Crippen LogP contribution in [0.1, 0.15) is 28.8 Å². The quantitative estimate of drug-likeness (QED) is 0.397. The molecule has 0 spiro atoms. The van der Waals surface area contributed by atoms with Crippen molar-refractivity contribution in [2.45, 2.75) is 36.2 Å². The maximum Gasteiger partial charge on any atom is 0.251 e. The highest BCUT2D eigenvalue weighted by molar-refractivity contribution is 7.89. The van der Waals surface area contributed by atoms with Crippen molar-refractivity contribution in [2.75, 3.05) is 18.5 Å². The Labute approximate surface area is 215 Å². The van der Waals surface area contributed by atoms with Crippen LogP contribution >= 0.6 is 0 Å².